The topological polar surface area (TPSA) is 67.8 Å². The van der Waals surface area contributed by atoms with Crippen molar-refractivity contribution in [2.24, 2.45) is 10.9 Å². The van der Waals surface area contributed by atoms with Gasteiger partial charge >= 0.3 is 6.18 Å². The van der Waals surface area contributed by atoms with Gasteiger partial charge in [0.15, 0.2) is 5.84 Å². The second kappa shape index (κ2) is 5.74. The summed E-state index contributed by atoms with van der Waals surface area (Å²) in [6.45, 7) is 0. The van der Waals surface area contributed by atoms with Gasteiger partial charge in [-0.05, 0) is 30.3 Å². The molecular weight excluding hydrogens is 285 g/mol. The number of oxime groups is 1. The fourth-order valence-corrected chi connectivity index (χ4v) is 1.66. The highest BCUT2D eigenvalue weighted by molar-refractivity contribution is 5.99. The van der Waals surface area contributed by atoms with Gasteiger partial charge in [0.2, 0.25) is 0 Å². The quantitative estimate of drug-likeness (QED) is 0.393. The summed E-state index contributed by atoms with van der Waals surface area (Å²) in [6, 6.07) is 11.2. The number of nitrogens with two attached hydrogens (primary N) is 1. The predicted molar refractivity (Wildman–Crippen MR) is 70.5 cm³/mol. The van der Waals surface area contributed by atoms with E-state index in [2.05, 4.69) is 5.16 Å². The minimum atomic E-state index is -4.53. The monoisotopic (exact) mass is 296 g/mol. The van der Waals surface area contributed by atoms with Crippen molar-refractivity contribution in [1.29, 1.82) is 0 Å². The summed E-state index contributed by atoms with van der Waals surface area (Å²) in [5.74, 6) is 0.0146. The molecule has 21 heavy (non-hydrogen) atoms. The number of para-hydroxylation sites is 1. The van der Waals surface area contributed by atoms with Crippen molar-refractivity contribution in [2.75, 3.05) is 0 Å². The van der Waals surface area contributed by atoms with Crippen LogP contribution in [0.5, 0.6) is 11.5 Å². The standard InChI is InChI=1S/C14H11F3N2O2/c15-14(16,17)9-6-7-12(11(8-9)13(18)19-20)21-10-4-2-1-3-5-10/h1-8,20H,(H2,18,19). The lowest BCUT2D eigenvalue weighted by molar-refractivity contribution is -0.137. The molecule has 0 aliphatic rings. The zero-order valence-electron chi connectivity index (χ0n) is 10.6. The van der Waals surface area contributed by atoms with Gasteiger partial charge in [-0.1, -0.05) is 23.4 Å². The van der Waals surface area contributed by atoms with Gasteiger partial charge in [-0.3, -0.25) is 0 Å². The molecule has 0 saturated heterocycles. The number of halogens is 3. The third kappa shape index (κ3) is 3.44. The van der Waals surface area contributed by atoms with Gasteiger partial charge in [-0.2, -0.15) is 13.2 Å². The highest BCUT2D eigenvalue weighted by Gasteiger charge is 2.31. The van der Waals surface area contributed by atoms with Crippen LogP contribution in [0.3, 0.4) is 0 Å². The SMILES string of the molecule is N/C(=N\O)c1cc(C(F)(F)F)ccc1Oc1ccccc1. The van der Waals surface area contributed by atoms with Crippen molar-refractivity contribution < 1.29 is 23.1 Å². The van der Waals surface area contributed by atoms with Gasteiger partial charge in [-0.15, -0.1) is 0 Å². The molecule has 0 unspecified atom stereocenters. The smallest absolute Gasteiger partial charge is 0.416 e. The molecule has 0 atom stereocenters. The summed E-state index contributed by atoms with van der Waals surface area (Å²) in [6.07, 6.45) is -4.53. The van der Waals surface area contributed by atoms with Crippen LogP contribution in [0, 0.1) is 0 Å². The van der Waals surface area contributed by atoms with Crippen molar-refractivity contribution in [3.63, 3.8) is 0 Å². The maximum absolute atomic E-state index is 12.7. The van der Waals surface area contributed by atoms with E-state index >= 15 is 0 Å². The summed E-state index contributed by atoms with van der Waals surface area (Å²) in [5, 5.41) is 11.4. The Labute approximate surface area is 118 Å². The van der Waals surface area contributed by atoms with Gasteiger partial charge < -0.3 is 15.7 Å². The van der Waals surface area contributed by atoms with Gasteiger partial charge in [0.1, 0.15) is 11.5 Å². The Bertz CT molecular complexity index is 655. The number of rotatable bonds is 3. The van der Waals surface area contributed by atoms with Gasteiger partial charge in [0.05, 0.1) is 11.1 Å². The van der Waals surface area contributed by atoms with E-state index < -0.39 is 17.6 Å². The first kappa shape index (κ1) is 14.7. The number of alkyl halides is 3. The molecule has 0 radical (unpaired) electrons. The summed E-state index contributed by atoms with van der Waals surface area (Å²) in [7, 11) is 0. The van der Waals surface area contributed by atoms with Crippen LogP contribution in [0.2, 0.25) is 0 Å². The van der Waals surface area contributed by atoms with Gasteiger partial charge in [-0.25, -0.2) is 0 Å². The molecule has 0 aromatic heterocycles. The van der Waals surface area contributed by atoms with E-state index in [-0.39, 0.29) is 11.3 Å². The first-order valence-electron chi connectivity index (χ1n) is 5.84. The zero-order valence-corrected chi connectivity index (χ0v) is 10.6. The number of nitrogens with zero attached hydrogens (tertiary/aromatic N) is 1. The fourth-order valence-electron chi connectivity index (χ4n) is 1.66. The molecule has 7 heteroatoms. The van der Waals surface area contributed by atoms with Crippen LogP contribution in [0.1, 0.15) is 11.1 Å². The van der Waals surface area contributed by atoms with Crippen molar-refractivity contribution in [3.8, 4) is 11.5 Å². The van der Waals surface area contributed by atoms with Crippen molar-refractivity contribution in [3.05, 3.63) is 59.7 Å². The highest BCUT2D eigenvalue weighted by Crippen LogP contribution is 2.34. The lowest BCUT2D eigenvalue weighted by atomic mass is 10.1. The minimum absolute atomic E-state index is 0.0597. The van der Waals surface area contributed by atoms with E-state index in [1.165, 1.54) is 0 Å². The summed E-state index contributed by atoms with van der Waals surface area (Å²) >= 11 is 0. The summed E-state index contributed by atoms with van der Waals surface area (Å²) < 4.78 is 43.6. The summed E-state index contributed by atoms with van der Waals surface area (Å²) in [4.78, 5) is 0. The highest BCUT2D eigenvalue weighted by atomic mass is 19.4. The Morgan fingerprint density at radius 1 is 1.10 bits per heavy atom. The molecule has 4 nitrogen and oxygen atoms in total. The molecular formula is C14H11F3N2O2. The Morgan fingerprint density at radius 3 is 2.33 bits per heavy atom. The predicted octanol–water partition coefficient (Wildman–Crippen LogP) is 3.59. The van der Waals surface area contributed by atoms with E-state index in [0.29, 0.717) is 5.75 Å². The van der Waals surface area contributed by atoms with Crippen LogP contribution in [-0.4, -0.2) is 11.0 Å². The average Bonchev–Trinajstić information content (AvgIpc) is 2.47. The van der Waals surface area contributed by atoms with Crippen LogP contribution >= 0.6 is 0 Å². The molecule has 0 saturated carbocycles. The largest absolute Gasteiger partial charge is 0.457 e. The maximum Gasteiger partial charge on any atom is 0.416 e. The van der Waals surface area contributed by atoms with Crippen molar-refractivity contribution in [1.82, 2.24) is 0 Å². The molecule has 0 fully saturated rings. The van der Waals surface area contributed by atoms with E-state index in [4.69, 9.17) is 15.7 Å². The van der Waals surface area contributed by atoms with E-state index in [1.54, 1.807) is 30.3 Å². The number of ether oxygens (including phenoxy) is 1. The fraction of sp³-hybridized carbons (Fsp3) is 0.0714. The lowest BCUT2D eigenvalue weighted by Crippen LogP contribution is -2.16. The Morgan fingerprint density at radius 2 is 1.76 bits per heavy atom. The number of amidine groups is 1. The average molecular weight is 296 g/mol. The molecule has 2 rings (SSSR count). The van der Waals surface area contributed by atoms with Crippen molar-refractivity contribution >= 4 is 5.84 Å². The van der Waals surface area contributed by atoms with E-state index in [1.807, 2.05) is 0 Å². The van der Waals surface area contributed by atoms with E-state index in [0.717, 1.165) is 18.2 Å². The normalized spacial score (nSPS) is 12.2. The Kier molecular flexibility index (Phi) is 4.02. The van der Waals surface area contributed by atoms with Crippen molar-refractivity contribution in [2.45, 2.75) is 6.18 Å². The molecule has 0 spiro atoms. The van der Waals surface area contributed by atoms with Crippen LogP contribution in [0.4, 0.5) is 13.2 Å². The van der Waals surface area contributed by atoms with E-state index in [9.17, 15) is 13.2 Å². The second-order valence-corrected chi connectivity index (χ2v) is 4.11. The van der Waals surface area contributed by atoms with Gasteiger partial charge in [0, 0.05) is 0 Å². The second-order valence-electron chi connectivity index (χ2n) is 4.11. The third-order valence-electron chi connectivity index (χ3n) is 2.66. The first-order chi connectivity index (χ1) is 9.91. The molecule has 110 valence electrons. The van der Waals surface area contributed by atoms with Crippen LogP contribution < -0.4 is 10.5 Å². The van der Waals surface area contributed by atoms with Crippen LogP contribution in [-0.2, 0) is 6.18 Å². The molecule has 2 aromatic carbocycles. The maximum atomic E-state index is 12.7. The molecule has 2 aromatic rings. The van der Waals surface area contributed by atoms with Crippen LogP contribution in [0.15, 0.2) is 53.7 Å². The number of hydrogen-bond donors (Lipinski definition) is 2. The molecule has 0 aliphatic carbocycles. The molecule has 3 N–H and O–H groups in total. The molecule has 0 bridgehead atoms. The first-order valence-corrected chi connectivity index (χ1v) is 5.84. The zero-order chi connectivity index (χ0) is 15.5. The number of benzene rings is 2. The Hall–Kier alpha value is -2.70. The molecule has 0 aliphatic heterocycles. The summed E-state index contributed by atoms with van der Waals surface area (Å²) in [5.41, 5.74) is 4.36. The van der Waals surface area contributed by atoms with Crippen LogP contribution in [0.25, 0.3) is 0 Å². The molecule has 0 amide bonds. The van der Waals surface area contributed by atoms with Gasteiger partial charge in [0.25, 0.3) is 0 Å². The third-order valence-corrected chi connectivity index (χ3v) is 2.66. The Balaban J connectivity index is 2.46. The molecule has 0 heterocycles. The number of hydrogen-bond acceptors (Lipinski definition) is 3. The lowest BCUT2D eigenvalue weighted by Gasteiger charge is -2.13. The minimum Gasteiger partial charge on any atom is -0.457 e.